The molecule has 22 heavy (non-hydrogen) atoms. The Balaban J connectivity index is 2.11. The molecule has 0 fully saturated rings. The van der Waals surface area contributed by atoms with Gasteiger partial charge in [-0.25, -0.2) is 0 Å². The number of carbonyl (C=O) groups is 2. The van der Waals surface area contributed by atoms with Gasteiger partial charge in [0.15, 0.2) is 0 Å². The van der Waals surface area contributed by atoms with Crippen molar-refractivity contribution < 1.29 is 9.59 Å². The van der Waals surface area contributed by atoms with Gasteiger partial charge < -0.3 is 11.1 Å². The van der Waals surface area contributed by atoms with E-state index in [1.807, 2.05) is 60.7 Å². The van der Waals surface area contributed by atoms with Gasteiger partial charge in [0.2, 0.25) is 11.8 Å². The molecule has 4 nitrogen and oxygen atoms in total. The molecule has 0 aliphatic rings. The maximum absolute atomic E-state index is 12.4. The Labute approximate surface area is 134 Å². The highest BCUT2D eigenvalue weighted by molar-refractivity contribution is 8.00. The third-order valence-electron chi connectivity index (χ3n) is 3.01. The van der Waals surface area contributed by atoms with Crippen LogP contribution >= 0.6 is 11.8 Å². The van der Waals surface area contributed by atoms with Crippen LogP contribution < -0.4 is 11.1 Å². The van der Waals surface area contributed by atoms with Crippen molar-refractivity contribution in [3.05, 3.63) is 66.2 Å². The smallest absolute Gasteiger partial charge is 0.238 e. The van der Waals surface area contributed by atoms with E-state index in [1.165, 1.54) is 11.8 Å². The van der Waals surface area contributed by atoms with Crippen molar-refractivity contribution in [3.8, 4) is 0 Å². The second kappa shape index (κ2) is 8.24. The molecule has 2 aromatic rings. The first kappa shape index (κ1) is 16.1. The summed E-state index contributed by atoms with van der Waals surface area (Å²) in [6.45, 7) is 0.257. The van der Waals surface area contributed by atoms with Crippen LogP contribution in [0.2, 0.25) is 0 Å². The molecule has 0 aliphatic heterocycles. The van der Waals surface area contributed by atoms with Crippen LogP contribution in [0.3, 0.4) is 0 Å². The second-order valence-electron chi connectivity index (χ2n) is 4.73. The van der Waals surface area contributed by atoms with Crippen molar-refractivity contribution in [2.24, 2.45) is 5.73 Å². The third kappa shape index (κ3) is 4.93. The highest BCUT2D eigenvalue weighted by Crippen LogP contribution is 2.35. The molecule has 0 saturated heterocycles. The maximum atomic E-state index is 12.4. The topological polar surface area (TPSA) is 72.2 Å². The van der Waals surface area contributed by atoms with Gasteiger partial charge >= 0.3 is 0 Å². The molecule has 0 saturated carbocycles. The highest BCUT2D eigenvalue weighted by Gasteiger charge is 2.21. The molecule has 0 heterocycles. The number of thioether (sulfide) groups is 1. The summed E-state index contributed by atoms with van der Waals surface area (Å²) in [5.41, 5.74) is 6.02. The number of amides is 2. The van der Waals surface area contributed by atoms with E-state index in [-0.39, 0.29) is 24.1 Å². The van der Waals surface area contributed by atoms with Crippen molar-refractivity contribution in [2.75, 3.05) is 6.54 Å². The molecule has 3 N–H and O–H groups in total. The highest BCUT2D eigenvalue weighted by atomic mass is 32.2. The van der Waals surface area contributed by atoms with Gasteiger partial charge in [0, 0.05) is 17.9 Å². The number of hydrogen-bond acceptors (Lipinski definition) is 3. The largest absolute Gasteiger partial charge is 0.370 e. The Hall–Kier alpha value is -2.27. The van der Waals surface area contributed by atoms with Gasteiger partial charge in [-0.2, -0.15) is 0 Å². The van der Waals surface area contributed by atoms with E-state index in [2.05, 4.69) is 5.32 Å². The van der Waals surface area contributed by atoms with Crippen molar-refractivity contribution in [1.82, 2.24) is 5.32 Å². The molecule has 0 aliphatic carbocycles. The molecular formula is C17H18N2O2S. The lowest BCUT2D eigenvalue weighted by Crippen LogP contribution is -2.31. The first-order valence-electron chi connectivity index (χ1n) is 6.99. The van der Waals surface area contributed by atoms with Gasteiger partial charge in [0.1, 0.15) is 5.25 Å². The minimum absolute atomic E-state index is 0.124. The minimum atomic E-state index is -0.424. The van der Waals surface area contributed by atoms with Crippen LogP contribution in [0.5, 0.6) is 0 Å². The first-order valence-corrected chi connectivity index (χ1v) is 7.87. The van der Waals surface area contributed by atoms with Gasteiger partial charge in [-0.3, -0.25) is 9.59 Å². The molecule has 1 unspecified atom stereocenters. The standard InChI is InChI=1S/C17H18N2O2S/c18-15(20)11-12-19-17(21)16(13-7-3-1-4-8-13)22-14-9-5-2-6-10-14/h1-10,16H,11-12H2,(H2,18,20)(H,19,21). The van der Waals surface area contributed by atoms with E-state index in [0.29, 0.717) is 0 Å². The zero-order chi connectivity index (χ0) is 15.8. The normalized spacial score (nSPS) is 11.6. The van der Waals surface area contributed by atoms with Crippen molar-refractivity contribution in [3.63, 3.8) is 0 Å². The molecule has 0 radical (unpaired) electrons. The van der Waals surface area contributed by atoms with Gasteiger partial charge in [-0.1, -0.05) is 48.5 Å². The predicted molar refractivity (Wildman–Crippen MR) is 88.3 cm³/mol. The van der Waals surface area contributed by atoms with Crippen LogP contribution in [0.15, 0.2) is 65.6 Å². The average molecular weight is 314 g/mol. The summed E-state index contributed by atoms with van der Waals surface area (Å²) in [6.07, 6.45) is 0.142. The molecule has 114 valence electrons. The molecule has 1 atom stereocenters. The fourth-order valence-electron chi connectivity index (χ4n) is 1.94. The van der Waals surface area contributed by atoms with Gasteiger partial charge in [-0.15, -0.1) is 11.8 Å². The molecule has 0 spiro atoms. The summed E-state index contributed by atoms with van der Waals surface area (Å²) < 4.78 is 0. The molecule has 0 aromatic heterocycles. The monoisotopic (exact) mass is 314 g/mol. The Kier molecular flexibility index (Phi) is 6.03. The van der Waals surface area contributed by atoms with Crippen molar-refractivity contribution in [1.29, 1.82) is 0 Å². The summed E-state index contributed by atoms with van der Waals surface area (Å²) in [7, 11) is 0. The molecule has 2 rings (SSSR count). The van der Waals surface area contributed by atoms with Gasteiger partial charge in [-0.05, 0) is 17.7 Å². The van der Waals surface area contributed by atoms with Gasteiger partial charge in [0.25, 0.3) is 0 Å². The van der Waals surface area contributed by atoms with Crippen LogP contribution in [0.4, 0.5) is 0 Å². The number of benzene rings is 2. The van der Waals surface area contributed by atoms with Crippen LogP contribution in [0, 0.1) is 0 Å². The quantitative estimate of drug-likeness (QED) is 0.771. The van der Waals surface area contributed by atoms with E-state index in [9.17, 15) is 9.59 Å². The minimum Gasteiger partial charge on any atom is -0.370 e. The molecule has 0 bridgehead atoms. The fourth-order valence-corrected chi connectivity index (χ4v) is 3.01. The fraction of sp³-hybridized carbons (Fsp3) is 0.176. The molecule has 5 heteroatoms. The van der Waals surface area contributed by atoms with E-state index < -0.39 is 5.91 Å². The molecular weight excluding hydrogens is 296 g/mol. The third-order valence-corrected chi connectivity index (χ3v) is 4.27. The predicted octanol–water partition coefficient (Wildman–Crippen LogP) is 2.51. The lowest BCUT2D eigenvalue weighted by atomic mass is 10.1. The molecule has 2 amide bonds. The van der Waals surface area contributed by atoms with Gasteiger partial charge in [0.05, 0.1) is 0 Å². The van der Waals surface area contributed by atoms with Crippen LogP contribution in [0.1, 0.15) is 17.2 Å². The lowest BCUT2D eigenvalue weighted by molar-refractivity contribution is -0.121. The Morgan fingerprint density at radius 3 is 2.18 bits per heavy atom. The summed E-state index contributed by atoms with van der Waals surface area (Å²) in [5.74, 6) is -0.548. The number of nitrogens with two attached hydrogens (primary N) is 1. The number of primary amides is 1. The Morgan fingerprint density at radius 1 is 1.00 bits per heavy atom. The average Bonchev–Trinajstić information content (AvgIpc) is 2.54. The Morgan fingerprint density at radius 2 is 1.59 bits per heavy atom. The van der Waals surface area contributed by atoms with Crippen LogP contribution in [-0.4, -0.2) is 18.4 Å². The van der Waals surface area contributed by atoms with E-state index in [4.69, 9.17) is 5.73 Å². The number of hydrogen-bond donors (Lipinski definition) is 2. The maximum Gasteiger partial charge on any atom is 0.238 e. The summed E-state index contributed by atoms with van der Waals surface area (Å²) in [4.78, 5) is 24.2. The Bertz CT molecular complexity index is 617. The first-order chi connectivity index (χ1) is 10.7. The summed E-state index contributed by atoms with van der Waals surface area (Å²) in [5, 5.41) is 2.41. The van der Waals surface area contributed by atoms with Crippen molar-refractivity contribution >= 4 is 23.6 Å². The lowest BCUT2D eigenvalue weighted by Gasteiger charge is -2.16. The van der Waals surface area contributed by atoms with Crippen molar-refractivity contribution in [2.45, 2.75) is 16.6 Å². The van der Waals surface area contributed by atoms with E-state index >= 15 is 0 Å². The number of rotatable bonds is 7. The SMILES string of the molecule is NC(=O)CCNC(=O)C(Sc1ccccc1)c1ccccc1. The van der Waals surface area contributed by atoms with E-state index in [1.54, 1.807) is 0 Å². The molecule has 2 aromatic carbocycles. The summed E-state index contributed by atoms with van der Waals surface area (Å²) >= 11 is 1.48. The summed E-state index contributed by atoms with van der Waals surface area (Å²) in [6, 6.07) is 19.3. The van der Waals surface area contributed by atoms with Crippen LogP contribution in [0.25, 0.3) is 0 Å². The zero-order valence-corrected chi connectivity index (χ0v) is 12.9. The number of nitrogens with one attached hydrogen (secondary N) is 1. The zero-order valence-electron chi connectivity index (χ0n) is 12.1. The number of carbonyl (C=O) groups excluding carboxylic acids is 2. The van der Waals surface area contributed by atoms with Crippen LogP contribution in [-0.2, 0) is 9.59 Å². The second-order valence-corrected chi connectivity index (χ2v) is 5.91. The van der Waals surface area contributed by atoms with E-state index in [0.717, 1.165) is 10.5 Å².